The largest absolute Gasteiger partial charge is 0.352 e. The Bertz CT molecular complexity index is 1030. The Hall–Kier alpha value is -3.28. The number of carbonyl (C=O) groups excluding carboxylic acids is 1. The standard InChI is InChI=1S/C20H20N6O2/c1-26-7-6-15-10-23-18(25-19(15)26)14-4-2-13(3-5-14)8-16(9-21)24-20(27)17-11-22-12-28-17/h2-7,10,16-17,22H,8,11-12H2,1H3,(H,24,27)/t16-,17-/m0/s1. The summed E-state index contributed by atoms with van der Waals surface area (Å²) in [5, 5.41) is 16.1. The van der Waals surface area contributed by atoms with Crippen molar-refractivity contribution >= 4 is 16.9 Å². The van der Waals surface area contributed by atoms with Crippen molar-refractivity contribution in [2.24, 2.45) is 7.05 Å². The lowest BCUT2D eigenvalue weighted by molar-refractivity contribution is -0.129. The van der Waals surface area contributed by atoms with Crippen molar-refractivity contribution in [3.63, 3.8) is 0 Å². The van der Waals surface area contributed by atoms with E-state index < -0.39 is 12.1 Å². The molecule has 142 valence electrons. The molecule has 2 atom stereocenters. The number of rotatable bonds is 5. The third-order valence-electron chi connectivity index (χ3n) is 4.74. The van der Waals surface area contributed by atoms with Crippen molar-refractivity contribution in [2.75, 3.05) is 13.3 Å². The van der Waals surface area contributed by atoms with E-state index in [1.807, 2.05) is 54.3 Å². The van der Waals surface area contributed by atoms with Crippen LogP contribution in [0.5, 0.6) is 0 Å². The number of amides is 1. The van der Waals surface area contributed by atoms with Crippen LogP contribution in [0, 0.1) is 11.3 Å². The van der Waals surface area contributed by atoms with Crippen molar-refractivity contribution in [1.82, 2.24) is 25.2 Å². The number of carbonyl (C=O) groups is 1. The Labute approximate surface area is 162 Å². The van der Waals surface area contributed by atoms with Crippen molar-refractivity contribution in [2.45, 2.75) is 18.6 Å². The highest BCUT2D eigenvalue weighted by Crippen LogP contribution is 2.19. The lowest BCUT2D eigenvalue weighted by atomic mass is 10.0. The summed E-state index contributed by atoms with van der Waals surface area (Å²) < 4.78 is 7.22. The van der Waals surface area contributed by atoms with Gasteiger partial charge in [-0.25, -0.2) is 9.97 Å². The molecule has 0 saturated carbocycles. The fourth-order valence-corrected chi connectivity index (χ4v) is 3.18. The first-order valence-corrected chi connectivity index (χ1v) is 9.04. The van der Waals surface area contributed by atoms with Gasteiger partial charge in [-0.15, -0.1) is 0 Å². The molecule has 8 nitrogen and oxygen atoms in total. The predicted octanol–water partition coefficient (Wildman–Crippen LogP) is 1.13. The SMILES string of the molecule is Cn1ccc2cnc(-c3ccc(C[C@@H](C#N)NC(=O)[C@@H]4CNCO4)cc3)nc21. The van der Waals surface area contributed by atoms with E-state index in [1.54, 1.807) is 0 Å². The zero-order valence-electron chi connectivity index (χ0n) is 15.4. The number of hydrogen-bond acceptors (Lipinski definition) is 6. The Morgan fingerprint density at radius 2 is 2.25 bits per heavy atom. The average Bonchev–Trinajstić information content (AvgIpc) is 3.38. The first-order valence-electron chi connectivity index (χ1n) is 9.04. The number of ether oxygens (including phenoxy) is 1. The van der Waals surface area contributed by atoms with Crippen LogP contribution in [0.25, 0.3) is 22.4 Å². The first-order chi connectivity index (χ1) is 13.6. The number of nitriles is 1. The Morgan fingerprint density at radius 3 is 2.96 bits per heavy atom. The molecule has 1 aliphatic heterocycles. The van der Waals surface area contributed by atoms with E-state index in [1.165, 1.54) is 0 Å². The second-order valence-corrected chi connectivity index (χ2v) is 6.74. The highest BCUT2D eigenvalue weighted by atomic mass is 16.5. The van der Waals surface area contributed by atoms with Crippen molar-refractivity contribution < 1.29 is 9.53 Å². The van der Waals surface area contributed by atoms with Gasteiger partial charge in [0.25, 0.3) is 5.91 Å². The van der Waals surface area contributed by atoms with Gasteiger partial charge in [-0.05, 0) is 11.6 Å². The van der Waals surface area contributed by atoms with Crippen LogP contribution in [0.1, 0.15) is 5.56 Å². The molecule has 3 aromatic rings. The minimum Gasteiger partial charge on any atom is -0.352 e. The van der Waals surface area contributed by atoms with Gasteiger partial charge in [-0.2, -0.15) is 5.26 Å². The van der Waals surface area contributed by atoms with E-state index in [-0.39, 0.29) is 5.91 Å². The van der Waals surface area contributed by atoms with Crippen molar-refractivity contribution in [1.29, 1.82) is 5.26 Å². The fourth-order valence-electron chi connectivity index (χ4n) is 3.18. The molecule has 4 rings (SSSR count). The third-order valence-corrected chi connectivity index (χ3v) is 4.74. The van der Waals surface area contributed by atoms with Gasteiger partial charge < -0.3 is 14.6 Å². The molecule has 0 radical (unpaired) electrons. The molecule has 1 aliphatic rings. The number of nitrogens with one attached hydrogen (secondary N) is 2. The van der Waals surface area contributed by atoms with Crippen molar-refractivity contribution in [3.05, 3.63) is 48.3 Å². The Kier molecular flexibility index (Phi) is 5.02. The molecule has 0 unspecified atom stereocenters. The topological polar surface area (TPSA) is 105 Å². The maximum absolute atomic E-state index is 12.1. The minimum atomic E-state index is -0.612. The molecule has 3 heterocycles. The predicted molar refractivity (Wildman–Crippen MR) is 103 cm³/mol. The van der Waals surface area contributed by atoms with Gasteiger partial charge in [0.05, 0.1) is 12.8 Å². The normalized spacial score (nSPS) is 17.4. The number of aromatic nitrogens is 3. The molecular formula is C20H20N6O2. The molecule has 0 aliphatic carbocycles. The highest BCUT2D eigenvalue weighted by molar-refractivity contribution is 5.82. The van der Waals surface area contributed by atoms with Crippen LogP contribution >= 0.6 is 0 Å². The minimum absolute atomic E-state index is 0.266. The summed E-state index contributed by atoms with van der Waals surface area (Å²) in [7, 11) is 1.95. The summed E-state index contributed by atoms with van der Waals surface area (Å²) in [5.41, 5.74) is 2.72. The molecule has 1 aromatic carbocycles. The van der Waals surface area contributed by atoms with Gasteiger partial charge in [0.1, 0.15) is 17.8 Å². The number of hydrogen-bond donors (Lipinski definition) is 2. The van der Waals surface area contributed by atoms with Gasteiger partial charge in [-0.3, -0.25) is 10.1 Å². The summed E-state index contributed by atoms with van der Waals surface area (Å²) in [6.45, 7) is 0.817. The van der Waals surface area contributed by atoms with Crippen molar-refractivity contribution in [3.8, 4) is 17.5 Å². The van der Waals surface area contributed by atoms with E-state index in [4.69, 9.17) is 4.74 Å². The van der Waals surface area contributed by atoms with Crippen LogP contribution in [-0.2, 0) is 23.0 Å². The quantitative estimate of drug-likeness (QED) is 0.692. The molecule has 1 saturated heterocycles. The Balaban J connectivity index is 1.45. The number of benzene rings is 1. The molecule has 1 amide bonds. The summed E-state index contributed by atoms with van der Waals surface area (Å²) in [6.07, 6.45) is 3.64. The molecular weight excluding hydrogens is 356 g/mol. The molecule has 2 N–H and O–H groups in total. The second kappa shape index (κ2) is 7.76. The van der Waals surface area contributed by atoms with Gasteiger partial charge in [0, 0.05) is 43.4 Å². The summed E-state index contributed by atoms with van der Waals surface area (Å²) >= 11 is 0. The molecule has 28 heavy (non-hydrogen) atoms. The molecule has 0 spiro atoms. The third kappa shape index (κ3) is 3.71. The number of fused-ring (bicyclic) bond motifs is 1. The molecule has 2 aromatic heterocycles. The molecule has 0 bridgehead atoms. The summed E-state index contributed by atoms with van der Waals surface area (Å²) in [6, 6.07) is 11.2. The van der Waals surface area contributed by atoms with E-state index in [0.717, 1.165) is 22.2 Å². The zero-order valence-corrected chi connectivity index (χ0v) is 15.4. The van der Waals surface area contributed by atoms with E-state index >= 15 is 0 Å². The Morgan fingerprint density at radius 1 is 1.43 bits per heavy atom. The fraction of sp³-hybridized carbons (Fsp3) is 0.300. The number of aryl methyl sites for hydroxylation is 1. The van der Waals surface area contributed by atoms with Crippen LogP contribution in [-0.4, -0.2) is 45.9 Å². The molecule has 8 heteroatoms. The maximum atomic E-state index is 12.1. The summed E-state index contributed by atoms with van der Waals surface area (Å²) in [5.74, 6) is 0.384. The lowest BCUT2D eigenvalue weighted by Gasteiger charge is -2.14. The van der Waals surface area contributed by atoms with E-state index in [2.05, 4.69) is 26.7 Å². The first kappa shape index (κ1) is 18.1. The lowest BCUT2D eigenvalue weighted by Crippen LogP contribution is -2.43. The van der Waals surface area contributed by atoms with Crippen LogP contribution in [0.15, 0.2) is 42.7 Å². The second-order valence-electron chi connectivity index (χ2n) is 6.74. The summed E-state index contributed by atoms with van der Waals surface area (Å²) in [4.78, 5) is 21.2. The van der Waals surface area contributed by atoms with Gasteiger partial charge >= 0.3 is 0 Å². The van der Waals surface area contributed by atoms with Crippen LogP contribution in [0.2, 0.25) is 0 Å². The van der Waals surface area contributed by atoms with Gasteiger partial charge in [0.2, 0.25) is 0 Å². The molecule has 1 fully saturated rings. The van der Waals surface area contributed by atoms with E-state index in [0.29, 0.717) is 25.5 Å². The zero-order chi connectivity index (χ0) is 19.5. The van der Waals surface area contributed by atoms with Gasteiger partial charge in [-0.1, -0.05) is 24.3 Å². The highest BCUT2D eigenvalue weighted by Gasteiger charge is 2.25. The monoisotopic (exact) mass is 376 g/mol. The maximum Gasteiger partial charge on any atom is 0.251 e. The number of nitrogens with zero attached hydrogens (tertiary/aromatic N) is 4. The average molecular weight is 376 g/mol. The smallest absolute Gasteiger partial charge is 0.251 e. The van der Waals surface area contributed by atoms with E-state index in [9.17, 15) is 10.1 Å². The van der Waals surface area contributed by atoms with Crippen LogP contribution in [0.4, 0.5) is 0 Å². The van der Waals surface area contributed by atoms with Gasteiger partial charge in [0.15, 0.2) is 5.82 Å². The van der Waals surface area contributed by atoms with Crippen LogP contribution in [0.3, 0.4) is 0 Å². The van der Waals surface area contributed by atoms with Crippen LogP contribution < -0.4 is 10.6 Å².